The van der Waals surface area contributed by atoms with E-state index in [1.165, 1.54) is 10.5 Å². The zero-order valence-corrected chi connectivity index (χ0v) is 16.2. The second kappa shape index (κ2) is 7.90. The molecule has 0 fully saturated rings. The Morgan fingerprint density at radius 2 is 1.89 bits per heavy atom. The molecule has 27 heavy (non-hydrogen) atoms. The van der Waals surface area contributed by atoms with Gasteiger partial charge in [-0.3, -0.25) is 0 Å². The van der Waals surface area contributed by atoms with Crippen LogP contribution in [0.5, 0.6) is 17.2 Å². The van der Waals surface area contributed by atoms with Crippen LogP contribution in [-0.2, 0) is 23.4 Å². The standard InChI is InChI=1S/C20H19ClO5S/c21-15-8-18-17(25-11-26-18)7-12(15)10-27-19-6-5-16(24-9-20(22)23)13-3-1-2-4-14(13)19/h5-8H,1-4,9-11H2,(H,22,23). The van der Waals surface area contributed by atoms with Crippen molar-refractivity contribution in [2.45, 2.75) is 36.3 Å². The van der Waals surface area contributed by atoms with Gasteiger partial charge in [-0.15, -0.1) is 11.8 Å². The molecular weight excluding hydrogens is 388 g/mol. The number of fused-ring (bicyclic) bond motifs is 2. The van der Waals surface area contributed by atoms with E-state index in [2.05, 4.69) is 0 Å². The Hall–Kier alpha value is -2.05. The zero-order valence-electron chi connectivity index (χ0n) is 14.6. The summed E-state index contributed by atoms with van der Waals surface area (Å²) in [5, 5.41) is 9.54. The van der Waals surface area contributed by atoms with Crippen molar-refractivity contribution in [3.63, 3.8) is 0 Å². The number of ether oxygens (including phenoxy) is 3. The number of benzene rings is 2. The third-order valence-electron chi connectivity index (χ3n) is 4.72. The topological polar surface area (TPSA) is 65.0 Å². The summed E-state index contributed by atoms with van der Waals surface area (Å²) in [5.41, 5.74) is 3.41. The second-order valence-electron chi connectivity index (χ2n) is 6.49. The first-order chi connectivity index (χ1) is 13.1. The van der Waals surface area contributed by atoms with Crippen molar-refractivity contribution >= 4 is 29.3 Å². The van der Waals surface area contributed by atoms with Gasteiger partial charge in [0.15, 0.2) is 18.1 Å². The third-order valence-corrected chi connectivity index (χ3v) is 6.23. The monoisotopic (exact) mass is 406 g/mol. The molecule has 2 aliphatic rings. The molecule has 0 bridgehead atoms. The largest absolute Gasteiger partial charge is 0.482 e. The van der Waals surface area contributed by atoms with Gasteiger partial charge in [-0.1, -0.05) is 11.6 Å². The molecule has 2 aromatic carbocycles. The Morgan fingerprint density at radius 3 is 2.67 bits per heavy atom. The first kappa shape index (κ1) is 18.3. The molecule has 0 amide bonds. The molecule has 5 nitrogen and oxygen atoms in total. The number of rotatable bonds is 6. The minimum atomic E-state index is -0.963. The number of halogens is 1. The molecular formula is C20H19ClO5S. The number of carbonyl (C=O) groups is 1. The van der Waals surface area contributed by atoms with Gasteiger partial charge in [-0.25, -0.2) is 4.79 Å². The second-order valence-corrected chi connectivity index (χ2v) is 7.92. The van der Waals surface area contributed by atoms with Crippen LogP contribution >= 0.6 is 23.4 Å². The molecule has 0 unspecified atom stereocenters. The van der Waals surface area contributed by atoms with Crippen LogP contribution < -0.4 is 14.2 Å². The normalized spacial score (nSPS) is 14.7. The van der Waals surface area contributed by atoms with E-state index in [-0.39, 0.29) is 13.4 Å². The van der Waals surface area contributed by atoms with Gasteiger partial charge in [0.1, 0.15) is 5.75 Å². The highest BCUT2D eigenvalue weighted by molar-refractivity contribution is 7.98. The number of carboxylic acid groups (broad SMARTS) is 1. The van der Waals surface area contributed by atoms with Crippen LogP contribution in [0.4, 0.5) is 0 Å². The van der Waals surface area contributed by atoms with E-state index in [0.29, 0.717) is 16.5 Å². The van der Waals surface area contributed by atoms with Gasteiger partial charge in [-0.05, 0) is 60.6 Å². The Labute approximate surface area is 166 Å². The Balaban J connectivity index is 1.55. The SMILES string of the molecule is O=C(O)COc1ccc(SCc2cc3c(cc2Cl)OCO3)c2c1CCCC2. The van der Waals surface area contributed by atoms with E-state index >= 15 is 0 Å². The summed E-state index contributed by atoms with van der Waals surface area (Å²) in [7, 11) is 0. The average Bonchev–Trinajstić information content (AvgIpc) is 3.11. The molecule has 1 aliphatic carbocycles. The van der Waals surface area contributed by atoms with Crippen LogP contribution in [0.1, 0.15) is 29.5 Å². The molecule has 0 saturated carbocycles. The molecule has 0 spiro atoms. The Bertz CT molecular complexity index is 883. The van der Waals surface area contributed by atoms with Crippen molar-refractivity contribution in [2.75, 3.05) is 13.4 Å². The number of aliphatic carboxylic acids is 1. The molecule has 0 radical (unpaired) electrons. The lowest BCUT2D eigenvalue weighted by atomic mass is 9.91. The molecule has 0 aromatic heterocycles. The highest BCUT2D eigenvalue weighted by Gasteiger charge is 2.20. The van der Waals surface area contributed by atoms with Gasteiger partial charge in [0.2, 0.25) is 6.79 Å². The Morgan fingerprint density at radius 1 is 1.15 bits per heavy atom. The molecule has 1 aliphatic heterocycles. The summed E-state index contributed by atoms with van der Waals surface area (Å²) >= 11 is 8.12. The van der Waals surface area contributed by atoms with E-state index < -0.39 is 5.97 Å². The van der Waals surface area contributed by atoms with Crippen molar-refractivity contribution < 1.29 is 24.1 Å². The molecule has 0 saturated heterocycles. The fourth-order valence-electron chi connectivity index (χ4n) is 3.44. The minimum absolute atomic E-state index is 0.230. The lowest BCUT2D eigenvalue weighted by Crippen LogP contribution is -2.13. The lowest BCUT2D eigenvalue weighted by molar-refractivity contribution is -0.139. The maximum atomic E-state index is 10.8. The number of thioether (sulfide) groups is 1. The molecule has 2 aromatic rings. The molecule has 142 valence electrons. The van der Waals surface area contributed by atoms with Crippen molar-refractivity contribution in [3.8, 4) is 17.2 Å². The maximum absolute atomic E-state index is 10.8. The highest BCUT2D eigenvalue weighted by atomic mass is 35.5. The van der Waals surface area contributed by atoms with Crippen LogP contribution in [0, 0.1) is 0 Å². The van der Waals surface area contributed by atoms with Gasteiger partial charge < -0.3 is 19.3 Å². The molecule has 1 N–H and O–H groups in total. The van der Waals surface area contributed by atoms with E-state index in [9.17, 15) is 4.79 Å². The van der Waals surface area contributed by atoms with E-state index in [1.54, 1.807) is 17.8 Å². The smallest absolute Gasteiger partial charge is 0.341 e. The summed E-state index contributed by atoms with van der Waals surface area (Å²) < 4.78 is 16.3. The minimum Gasteiger partial charge on any atom is -0.482 e. The predicted octanol–water partition coefficient (Wildman–Crippen LogP) is 4.70. The van der Waals surface area contributed by atoms with Gasteiger partial charge in [0.25, 0.3) is 0 Å². The van der Waals surface area contributed by atoms with E-state index in [1.807, 2.05) is 18.2 Å². The van der Waals surface area contributed by atoms with E-state index in [4.69, 9.17) is 30.9 Å². The fraction of sp³-hybridized carbons (Fsp3) is 0.350. The van der Waals surface area contributed by atoms with Crippen molar-refractivity contribution in [2.24, 2.45) is 0 Å². The zero-order chi connectivity index (χ0) is 18.8. The van der Waals surface area contributed by atoms with Crippen LogP contribution in [0.2, 0.25) is 5.02 Å². The lowest BCUT2D eigenvalue weighted by Gasteiger charge is -2.22. The summed E-state index contributed by atoms with van der Waals surface area (Å²) in [6.07, 6.45) is 4.13. The van der Waals surface area contributed by atoms with E-state index in [0.717, 1.165) is 48.3 Å². The molecule has 1 heterocycles. The van der Waals surface area contributed by atoms with Crippen LogP contribution in [0.25, 0.3) is 0 Å². The van der Waals surface area contributed by atoms with Gasteiger partial charge in [0, 0.05) is 21.7 Å². The predicted molar refractivity (Wildman–Crippen MR) is 103 cm³/mol. The number of hydrogen-bond donors (Lipinski definition) is 1. The van der Waals surface area contributed by atoms with Crippen molar-refractivity contribution in [3.05, 3.63) is 46.0 Å². The van der Waals surface area contributed by atoms with Crippen molar-refractivity contribution in [1.82, 2.24) is 0 Å². The average molecular weight is 407 g/mol. The molecule has 0 atom stereocenters. The van der Waals surface area contributed by atoms with Crippen LogP contribution in [0.3, 0.4) is 0 Å². The first-order valence-electron chi connectivity index (χ1n) is 8.82. The molecule has 7 heteroatoms. The molecule has 4 rings (SSSR count). The summed E-state index contributed by atoms with van der Waals surface area (Å²) in [6, 6.07) is 7.65. The number of hydrogen-bond acceptors (Lipinski definition) is 5. The van der Waals surface area contributed by atoms with Crippen LogP contribution in [-0.4, -0.2) is 24.5 Å². The number of carboxylic acids is 1. The summed E-state index contributed by atoms with van der Waals surface area (Å²) in [6.45, 7) is -0.0840. The van der Waals surface area contributed by atoms with Gasteiger partial charge >= 0.3 is 5.97 Å². The van der Waals surface area contributed by atoms with Crippen molar-refractivity contribution in [1.29, 1.82) is 0 Å². The maximum Gasteiger partial charge on any atom is 0.341 e. The van der Waals surface area contributed by atoms with Gasteiger partial charge in [0.05, 0.1) is 0 Å². The quantitative estimate of drug-likeness (QED) is 0.701. The third kappa shape index (κ3) is 3.96. The van der Waals surface area contributed by atoms with Gasteiger partial charge in [-0.2, -0.15) is 0 Å². The van der Waals surface area contributed by atoms with Crippen LogP contribution in [0.15, 0.2) is 29.2 Å². The summed E-state index contributed by atoms with van der Waals surface area (Å²) in [4.78, 5) is 12.0. The highest BCUT2D eigenvalue weighted by Crippen LogP contribution is 2.41. The Kier molecular flexibility index (Phi) is 5.36. The first-order valence-corrected chi connectivity index (χ1v) is 10.2. The fourth-order valence-corrected chi connectivity index (χ4v) is 4.85. The summed E-state index contributed by atoms with van der Waals surface area (Å²) in [5.74, 6) is 1.87.